The first-order valence-electron chi connectivity index (χ1n) is 4.20. The van der Waals surface area contributed by atoms with Gasteiger partial charge in [0.2, 0.25) is 0 Å². The molecular weight excluding hydrogens is 136 g/mol. The minimum Gasteiger partial charge on any atom is -0.396 e. The Morgan fingerprint density at radius 2 is 2.09 bits per heavy atom. The van der Waals surface area contributed by atoms with Gasteiger partial charge in [-0.15, -0.1) is 0 Å². The van der Waals surface area contributed by atoms with E-state index in [4.69, 9.17) is 5.11 Å². The van der Waals surface area contributed by atoms with Gasteiger partial charge in [-0.1, -0.05) is 30.2 Å². The Bertz CT molecular complexity index is 189. The average Bonchev–Trinajstić information content (AvgIpc) is 2.04. The molecule has 1 rings (SSSR count). The van der Waals surface area contributed by atoms with Crippen molar-refractivity contribution < 1.29 is 5.11 Å². The molecule has 0 saturated carbocycles. The Morgan fingerprint density at radius 1 is 1.45 bits per heavy atom. The second kappa shape index (κ2) is 3.72. The highest BCUT2D eigenvalue weighted by atomic mass is 16.3. The maximum absolute atomic E-state index is 8.95. The normalized spacial score (nSPS) is 20.6. The largest absolute Gasteiger partial charge is 0.396 e. The molecule has 0 aromatic carbocycles. The third kappa shape index (κ3) is 1.93. The van der Waals surface area contributed by atoms with Crippen LogP contribution in [0, 0.1) is 5.92 Å². The Kier molecular flexibility index (Phi) is 2.89. The SMILES string of the molecule is CC1=C(C(C)CO)CC=CC1. The molecular formula is C10H16O. The minimum absolute atomic E-state index is 0.278. The molecule has 1 unspecified atom stereocenters. The molecule has 0 saturated heterocycles. The van der Waals surface area contributed by atoms with Gasteiger partial charge >= 0.3 is 0 Å². The van der Waals surface area contributed by atoms with Gasteiger partial charge in [-0.2, -0.15) is 0 Å². The Hall–Kier alpha value is -0.560. The van der Waals surface area contributed by atoms with Gasteiger partial charge in [0.05, 0.1) is 0 Å². The molecule has 0 heterocycles. The first kappa shape index (κ1) is 8.54. The predicted octanol–water partition coefficient (Wildman–Crippen LogP) is 2.28. The molecule has 11 heavy (non-hydrogen) atoms. The molecule has 0 fully saturated rings. The van der Waals surface area contributed by atoms with Crippen molar-refractivity contribution in [2.45, 2.75) is 26.7 Å². The maximum Gasteiger partial charge on any atom is 0.0494 e. The van der Waals surface area contributed by atoms with E-state index in [9.17, 15) is 0 Å². The summed E-state index contributed by atoms with van der Waals surface area (Å²) < 4.78 is 0. The van der Waals surface area contributed by atoms with Crippen molar-refractivity contribution in [1.29, 1.82) is 0 Å². The summed E-state index contributed by atoms with van der Waals surface area (Å²) in [5, 5.41) is 8.95. The van der Waals surface area contributed by atoms with E-state index in [0.29, 0.717) is 5.92 Å². The zero-order chi connectivity index (χ0) is 8.27. The Labute approximate surface area is 68.4 Å². The molecule has 0 bridgehead atoms. The van der Waals surface area contributed by atoms with Crippen molar-refractivity contribution in [3.8, 4) is 0 Å². The number of allylic oxidation sites excluding steroid dienone is 3. The van der Waals surface area contributed by atoms with Crippen LogP contribution in [0.4, 0.5) is 0 Å². The molecule has 1 N–H and O–H groups in total. The summed E-state index contributed by atoms with van der Waals surface area (Å²) in [4.78, 5) is 0. The van der Waals surface area contributed by atoms with E-state index in [1.54, 1.807) is 0 Å². The quantitative estimate of drug-likeness (QED) is 0.602. The average molecular weight is 152 g/mol. The summed E-state index contributed by atoms with van der Waals surface area (Å²) in [7, 11) is 0. The first-order chi connectivity index (χ1) is 5.25. The summed E-state index contributed by atoms with van der Waals surface area (Å²) >= 11 is 0. The van der Waals surface area contributed by atoms with Crippen LogP contribution >= 0.6 is 0 Å². The second-order valence-electron chi connectivity index (χ2n) is 3.27. The minimum atomic E-state index is 0.278. The second-order valence-corrected chi connectivity index (χ2v) is 3.27. The first-order valence-corrected chi connectivity index (χ1v) is 4.20. The van der Waals surface area contributed by atoms with Crippen LogP contribution in [-0.4, -0.2) is 11.7 Å². The van der Waals surface area contributed by atoms with E-state index in [1.807, 2.05) is 0 Å². The van der Waals surface area contributed by atoms with Crippen molar-refractivity contribution >= 4 is 0 Å². The Morgan fingerprint density at radius 3 is 2.64 bits per heavy atom. The fourth-order valence-corrected chi connectivity index (χ4v) is 1.51. The van der Waals surface area contributed by atoms with Crippen LogP contribution < -0.4 is 0 Å². The standard InChI is InChI=1S/C10H16O/c1-8-5-3-4-6-10(8)9(2)7-11/h3-4,9,11H,5-7H2,1-2H3. The summed E-state index contributed by atoms with van der Waals surface area (Å²) in [5.74, 6) is 0.347. The van der Waals surface area contributed by atoms with Crippen LogP contribution in [0.3, 0.4) is 0 Å². The molecule has 0 spiro atoms. The number of hydrogen-bond donors (Lipinski definition) is 1. The molecule has 0 radical (unpaired) electrons. The van der Waals surface area contributed by atoms with Crippen LogP contribution in [0.2, 0.25) is 0 Å². The van der Waals surface area contributed by atoms with Crippen molar-refractivity contribution in [1.82, 2.24) is 0 Å². The summed E-state index contributed by atoms with van der Waals surface area (Å²) in [5.41, 5.74) is 2.86. The van der Waals surface area contributed by atoms with Gasteiger partial charge in [0.1, 0.15) is 0 Å². The lowest BCUT2D eigenvalue weighted by atomic mass is 9.89. The third-order valence-corrected chi connectivity index (χ3v) is 2.35. The van der Waals surface area contributed by atoms with E-state index in [1.165, 1.54) is 11.1 Å². The molecule has 62 valence electrons. The molecule has 1 nitrogen and oxygen atoms in total. The molecule has 1 heteroatoms. The van der Waals surface area contributed by atoms with Gasteiger partial charge in [-0.25, -0.2) is 0 Å². The number of aliphatic hydroxyl groups excluding tert-OH is 1. The number of aliphatic hydroxyl groups is 1. The van der Waals surface area contributed by atoms with Gasteiger partial charge < -0.3 is 5.11 Å². The summed E-state index contributed by atoms with van der Waals surface area (Å²) in [6.45, 7) is 4.52. The lowest BCUT2D eigenvalue weighted by Crippen LogP contribution is -2.07. The van der Waals surface area contributed by atoms with Crippen LogP contribution in [0.15, 0.2) is 23.3 Å². The van der Waals surface area contributed by atoms with Crippen molar-refractivity contribution in [3.63, 3.8) is 0 Å². The van der Waals surface area contributed by atoms with Crippen molar-refractivity contribution in [2.75, 3.05) is 6.61 Å². The molecule has 0 aliphatic heterocycles. The van der Waals surface area contributed by atoms with Gasteiger partial charge in [0, 0.05) is 12.5 Å². The van der Waals surface area contributed by atoms with Gasteiger partial charge in [-0.3, -0.25) is 0 Å². The molecule has 1 aliphatic rings. The van der Waals surface area contributed by atoms with Gasteiger partial charge in [0.25, 0.3) is 0 Å². The highest BCUT2D eigenvalue weighted by Gasteiger charge is 2.11. The molecule has 0 aromatic rings. The van der Waals surface area contributed by atoms with Crippen LogP contribution in [-0.2, 0) is 0 Å². The number of rotatable bonds is 2. The highest BCUT2D eigenvalue weighted by molar-refractivity contribution is 5.24. The van der Waals surface area contributed by atoms with Gasteiger partial charge in [-0.05, 0) is 19.8 Å². The summed E-state index contributed by atoms with van der Waals surface area (Å²) in [6, 6.07) is 0. The highest BCUT2D eigenvalue weighted by Crippen LogP contribution is 2.25. The lowest BCUT2D eigenvalue weighted by molar-refractivity contribution is 0.254. The van der Waals surface area contributed by atoms with Crippen LogP contribution in [0.25, 0.3) is 0 Å². The van der Waals surface area contributed by atoms with E-state index >= 15 is 0 Å². The topological polar surface area (TPSA) is 20.2 Å². The van der Waals surface area contributed by atoms with Gasteiger partial charge in [0.15, 0.2) is 0 Å². The van der Waals surface area contributed by atoms with E-state index < -0.39 is 0 Å². The fraction of sp³-hybridized carbons (Fsp3) is 0.600. The van der Waals surface area contributed by atoms with Crippen molar-refractivity contribution in [3.05, 3.63) is 23.3 Å². The monoisotopic (exact) mass is 152 g/mol. The number of hydrogen-bond acceptors (Lipinski definition) is 1. The van der Waals surface area contributed by atoms with Crippen molar-refractivity contribution in [2.24, 2.45) is 5.92 Å². The zero-order valence-electron chi connectivity index (χ0n) is 7.30. The molecule has 1 atom stereocenters. The predicted molar refractivity (Wildman–Crippen MR) is 47.3 cm³/mol. The summed E-state index contributed by atoms with van der Waals surface area (Å²) in [6.07, 6.45) is 6.49. The van der Waals surface area contributed by atoms with Crippen LogP contribution in [0.1, 0.15) is 26.7 Å². The third-order valence-electron chi connectivity index (χ3n) is 2.35. The smallest absolute Gasteiger partial charge is 0.0494 e. The Balaban J connectivity index is 2.68. The van der Waals surface area contributed by atoms with E-state index in [2.05, 4.69) is 26.0 Å². The fourth-order valence-electron chi connectivity index (χ4n) is 1.51. The molecule has 0 aromatic heterocycles. The molecule has 1 aliphatic carbocycles. The van der Waals surface area contributed by atoms with E-state index in [-0.39, 0.29) is 6.61 Å². The molecule has 0 amide bonds. The maximum atomic E-state index is 8.95. The zero-order valence-corrected chi connectivity index (χ0v) is 7.30. The lowest BCUT2D eigenvalue weighted by Gasteiger charge is -2.18. The van der Waals surface area contributed by atoms with Crippen LogP contribution in [0.5, 0.6) is 0 Å². The van der Waals surface area contributed by atoms with E-state index in [0.717, 1.165) is 12.8 Å².